The first kappa shape index (κ1) is 17.5. The number of carbonyl (C=O) groups excluding carboxylic acids is 1. The zero-order chi connectivity index (χ0) is 18.8. The van der Waals surface area contributed by atoms with Gasteiger partial charge >= 0.3 is 0 Å². The van der Waals surface area contributed by atoms with E-state index in [9.17, 15) is 4.79 Å². The summed E-state index contributed by atoms with van der Waals surface area (Å²) >= 11 is 0. The molecular formula is C24H24N2O. The zero-order valence-electron chi connectivity index (χ0n) is 15.5. The van der Waals surface area contributed by atoms with Gasteiger partial charge in [-0.05, 0) is 71.3 Å². The number of primary amides is 1. The van der Waals surface area contributed by atoms with Crippen molar-refractivity contribution in [3.63, 3.8) is 0 Å². The second-order valence-corrected chi connectivity index (χ2v) is 7.35. The molecule has 136 valence electrons. The molecule has 4 rings (SSSR count). The maximum absolute atomic E-state index is 11.4. The van der Waals surface area contributed by atoms with Gasteiger partial charge in [-0.1, -0.05) is 48.5 Å². The summed E-state index contributed by atoms with van der Waals surface area (Å²) in [6.45, 7) is 2.87. The van der Waals surface area contributed by atoms with Gasteiger partial charge in [0.1, 0.15) is 0 Å². The predicted molar refractivity (Wildman–Crippen MR) is 110 cm³/mol. The highest BCUT2D eigenvalue weighted by molar-refractivity contribution is 5.93. The summed E-state index contributed by atoms with van der Waals surface area (Å²) in [5.41, 5.74) is 13.5. The number of amides is 1. The lowest BCUT2D eigenvalue weighted by atomic mass is 9.97. The predicted octanol–water partition coefficient (Wildman–Crippen LogP) is 4.02. The Hall–Kier alpha value is -2.91. The van der Waals surface area contributed by atoms with Crippen LogP contribution in [0.1, 0.15) is 32.6 Å². The van der Waals surface area contributed by atoms with Crippen molar-refractivity contribution < 1.29 is 4.79 Å². The summed E-state index contributed by atoms with van der Waals surface area (Å²) in [6, 6.07) is 23.4. The molecule has 3 aromatic carbocycles. The topological polar surface area (TPSA) is 55.1 Å². The Bertz CT molecular complexity index is 968. The van der Waals surface area contributed by atoms with Gasteiger partial charge in [-0.15, -0.1) is 0 Å². The van der Waals surface area contributed by atoms with Crippen LogP contribution in [-0.2, 0) is 19.4 Å². The first-order chi connectivity index (χ1) is 13.1. The molecule has 0 saturated heterocycles. The van der Waals surface area contributed by atoms with Crippen LogP contribution in [0.3, 0.4) is 0 Å². The van der Waals surface area contributed by atoms with Gasteiger partial charge in [0.2, 0.25) is 5.91 Å². The minimum absolute atomic E-state index is 0.389. The van der Waals surface area contributed by atoms with Crippen molar-refractivity contribution in [3.05, 3.63) is 94.5 Å². The minimum Gasteiger partial charge on any atom is -0.366 e. The van der Waals surface area contributed by atoms with E-state index >= 15 is 0 Å². The molecule has 0 aromatic heterocycles. The van der Waals surface area contributed by atoms with Crippen molar-refractivity contribution in [3.8, 4) is 11.1 Å². The molecule has 1 amide bonds. The Balaban J connectivity index is 1.46. The molecule has 0 heterocycles. The lowest BCUT2D eigenvalue weighted by Gasteiger charge is -2.13. The molecule has 0 aliphatic heterocycles. The lowest BCUT2D eigenvalue weighted by Crippen LogP contribution is -2.28. The molecule has 1 aliphatic rings. The monoisotopic (exact) mass is 356 g/mol. The number of hydrogen-bond acceptors (Lipinski definition) is 2. The maximum atomic E-state index is 11.4. The fourth-order valence-corrected chi connectivity index (χ4v) is 3.96. The van der Waals surface area contributed by atoms with Gasteiger partial charge in [-0.3, -0.25) is 4.79 Å². The standard InChI is InChI=1S/C24H24N2O/c1-16-11-21(24(25)27)9-10-23(16)20-8-4-5-17(12-20)15-26-22-13-18-6-2-3-7-19(18)14-22/h2-12,22,26H,13-15H2,1H3,(H2,25,27). The third kappa shape index (κ3) is 3.79. The summed E-state index contributed by atoms with van der Waals surface area (Å²) in [4.78, 5) is 11.4. The first-order valence-corrected chi connectivity index (χ1v) is 9.40. The van der Waals surface area contributed by atoms with E-state index < -0.39 is 0 Å². The van der Waals surface area contributed by atoms with Crippen molar-refractivity contribution in [1.29, 1.82) is 0 Å². The largest absolute Gasteiger partial charge is 0.366 e. The number of aryl methyl sites for hydroxylation is 1. The van der Waals surface area contributed by atoms with Crippen LogP contribution in [0.25, 0.3) is 11.1 Å². The van der Waals surface area contributed by atoms with E-state index in [1.807, 2.05) is 19.1 Å². The summed E-state index contributed by atoms with van der Waals surface area (Å²) in [7, 11) is 0. The molecule has 0 unspecified atom stereocenters. The smallest absolute Gasteiger partial charge is 0.248 e. The second kappa shape index (κ2) is 7.37. The molecular weight excluding hydrogens is 332 g/mol. The van der Waals surface area contributed by atoms with E-state index in [0.717, 1.165) is 36.1 Å². The SMILES string of the molecule is Cc1cc(C(N)=O)ccc1-c1cccc(CNC2Cc3ccccc3C2)c1. The van der Waals surface area contributed by atoms with Crippen molar-refractivity contribution in [2.45, 2.75) is 32.4 Å². The number of nitrogens with two attached hydrogens (primary N) is 1. The average molecular weight is 356 g/mol. The third-order valence-electron chi connectivity index (χ3n) is 5.39. The minimum atomic E-state index is -0.389. The summed E-state index contributed by atoms with van der Waals surface area (Å²) in [6.07, 6.45) is 2.20. The number of benzene rings is 3. The molecule has 27 heavy (non-hydrogen) atoms. The van der Waals surface area contributed by atoms with Crippen LogP contribution in [0.15, 0.2) is 66.7 Å². The van der Waals surface area contributed by atoms with Crippen molar-refractivity contribution in [2.24, 2.45) is 5.73 Å². The number of rotatable bonds is 5. The number of hydrogen-bond donors (Lipinski definition) is 2. The van der Waals surface area contributed by atoms with Gasteiger partial charge < -0.3 is 11.1 Å². The highest BCUT2D eigenvalue weighted by Gasteiger charge is 2.20. The summed E-state index contributed by atoms with van der Waals surface area (Å²) < 4.78 is 0. The van der Waals surface area contributed by atoms with Gasteiger partial charge in [0, 0.05) is 18.2 Å². The first-order valence-electron chi connectivity index (χ1n) is 9.40. The molecule has 0 fully saturated rings. The number of fused-ring (bicyclic) bond motifs is 1. The number of carbonyl (C=O) groups is 1. The number of nitrogens with one attached hydrogen (secondary N) is 1. The lowest BCUT2D eigenvalue weighted by molar-refractivity contribution is 0.1000. The van der Waals surface area contributed by atoms with E-state index in [1.165, 1.54) is 16.7 Å². The van der Waals surface area contributed by atoms with Crippen LogP contribution < -0.4 is 11.1 Å². The Morgan fingerprint density at radius 3 is 2.41 bits per heavy atom. The summed E-state index contributed by atoms with van der Waals surface area (Å²) in [5.74, 6) is -0.389. The Morgan fingerprint density at radius 1 is 1.00 bits per heavy atom. The molecule has 0 radical (unpaired) electrons. The van der Waals surface area contributed by atoms with Crippen LogP contribution in [0.4, 0.5) is 0 Å². The van der Waals surface area contributed by atoms with Crippen molar-refractivity contribution in [2.75, 3.05) is 0 Å². The summed E-state index contributed by atoms with van der Waals surface area (Å²) in [5, 5.41) is 3.70. The highest BCUT2D eigenvalue weighted by atomic mass is 16.1. The Labute approximate surface area is 160 Å². The maximum Gasteiger partial charge on any atom is 0.248 e. The van der Waals surface area contributed by atoms with E-state index in [0.29, 0.717) is 11.6 Å². The van der Waals surface area contributed by atoms with E-state index in [-0.39, 0.29) is 5.91 Å². The highest BCUT2D eigenvalue weighted by Crippen LogP contribution is 2.26. The van der Waals surface area contributed by atoms with Crippen LogP contribution >= 0.6 is 0 Å². The average Bonchev–Trinajstić information content (AvgIpc) is 3.09. The van der Waals surface area contributed by atoms with Gasteiger partial charge in [0.05, 0.1) is 0 Å². The van der Waals surface area contributed by atoms with E-state index in [4.69, 9.17) is 5.73 Å². The second-order valence-electron chi connectivity index (χ2n) is 7.35. The molecule has 0 saturated carbocycles. The van der Waals surface area contributed by atoms with Crippen LogP contribution in [-0.4, -0.2) is 11.9 Å². The third-order valence-corrected chi connectivity index (χ3v) is 5.39. The van der Waals surface area contributed by atoms with Gasteiger partial charge in [-0.25, -0.2) is 0 Å². The van der Waals surface area contributed by atoms with Crippen LogP contribution in [0.5, 0.6) is 0 Å². The van der Waals surface area contributed by atoms with E-state index in [1.54, 1.807) is 6.07 Å². The molecule has 3 heteroatoms. The quantitative estimate of drug-likeness (QED) is 0.725. The van der Waals surface area contributed by atoms with Gasteiger partial charge in [0.25, 0.3) is 0 Å². The molecule has 0 spiro atoms. The Morgan fingerprint density at radius 2 is 1.74 bits per heavy atom. The van der Waals surface area contributed by atoms with Crippen LogP contribution in [0, 0.1) is 6.92 Å². The van der Waals surface area contributed by atoms with Gasteiger partial charge in [0.15, 0.2) is 0 Å². The van der Waals surface area contributed by atoms with Crippen LogP contribution in [0.2, 0.25) is 0 Å². The normalized spacial score (nSPS) is 13.5. The molecule has 0 bridgehead atoms. The fraction of sp³-hybridized carbons (Fsp3) is 0.208. The van der Waals surface area contributed by atoms with E-state index in [2.05, 4.69) is 53.8 Å². The molecule has 0 atom stereocenters. The Kier molecular flexibility index (Phi) is 4.78. The van der Waals surface area contributed by atoms with Crippen molar-refractivity contribution in [1.82, 2.24) is 5.32 Å². The molecule has 1 aliphatic carbocycles. The van der Waals surface area contributed by atoms with Crippen molar-refractivity contribution >= 4 is 5.91 Å². The molecule has 3 aromatic rings. The fourth-order valence-electron chi connectivity index (χ4n) is 3.96. The zero-order valence-corrected chi connectivity index (χ0v) is 15.5. The molecule has 3 nitrogen and oxygen atoms in total. The molecule has 3 N–H and O–H groups in total. The van der Waals surface area contributed by atoms with Gasteiger partial charge in [-0.2, -0.15) is 0 Å².